The molecule has 0 spiro atoms. The fraction of sp³-hybridized carbons (Fsp3) is 0.0417. The van der Waals surface area contributed by atoms with Crippen molar-refractivity contribution in [3.05, 3.63) is 66.7 Å². The van der Waals surface area contributed by atoms with Crippen molar-refractivity contribution < 1.29 is 40.9 Å². The highest BCUT2D eigenvalue weighted by atomic mass is 32.2. The van der Waals surface area contributed by atoms with Crippen LogP contribution in [0.25, 0.3) is 10.8 Å². The zero-order valence-corrected chi connectivity index (χ0v) is 21.9. The lowest BCUT2D eigenvalue weighted by molar-refractivity contribution is -0.114. The van der Waals surface area contributed by atoms with E-state index >= 15 is 0 Å². The molecule has 4 aromatic carbocycles. The van der Waals surface area contributed by atoms with Gasteiger partial charge in [-0.2, -0.15) is 27.1 Å². The molecule has 1 amide bonds. The molecule has 0 aliphatic heterocycles. The van der Waals surface area contributed by atoms with Crippen molar-refractivity contribution in [1.29, 1.82) is 0 Å². The Balaban J connectivity index is 1.67. The van der Waals surface area contributed by atoms with E-state index in [9.17, 15) is 36.4 Å². The van der Waals surface area contributed by atoms with Crippen molar-refractivity contribution in [2.75, 3.05) is 5.32 Å². The minimum atomic E-state index is -4.89. The third kappa shape index (κ3) is 6.44. The number of carbonyl (C=O) groups excluding carboxylic acids is 1. The van der Waals surface area contributed by atoms with Crippen LogP contribution in [-0.4, -0.2) is 42.1 Å². The van der Waals surface area contributed by atoms with Gasteiger partial charge in [0.05, 0.1) is 16.3 Å². The summed E-state index contributed by atoms with van der Waals surface area (Å²) in [6, 6.07) is 14.1. The summed E-state index contributed by atoms with van der Waals surface area (Å²) in [5.41, 5.74) is -0.204. The van der Waals surface area contributed by atoms with E-state index in [1.807, 2.05) is 0 Å². The van der Waals surface area contributed by atoms with Gasteiger partial charge in [0, 0.05) is 24.1 Å². The molecule has 0 aliphatic carbocycles. The van der Waals surface area contributed by atoms with Crippen LogP contribution in [0.4, 0.5) is 28.4 Å². The quantitative estimate of drug-likeness (QED) is 0.135. The van der Waals surface area contributed by atoms with E-state index in [-0.39, 0.29) is 38.6 Å². The summed E-state index contributed by atoms with van der Waals surface area (Å²) in [7, 11) is -9.33. The van der Waals surface area contributed by atoms with E-state index in [1.54, 1.807) is 0 Å². The van der Waals surface area contributed by atoms with Gasteiger partial charge in [0.15, 0.2) is 5.75 Å². The Bertz CT molecular complexity index is 1940. The van der Waals surface area contributed by atoms with Crippen LogP contribution in [0.2, 0.25) is 0 Å². The van der Waals surface area contributed by atoms with Crippen molar-refractivity contribution in [3.63, 3.8) is 0 Å². The molecule has 0 aromatic heterocycles. The number of phenols is 2. The Labute approximate surface area is 226 Å². The molecule has 206 valence electrons. The molecule has 0 aliphatic rings. The Morgan fingerprint density at radius 1 is 0.775 bits per heavy atom. The fourth-order valence-corrected chi connectivity index (χ4v) is 4.69. The van der Waals surface area contributed by atoms with E-state index in [1.165, 1.54) is 55.5 Å². The Hall–Kier alpha value is -4.77. The van der Waals surface area contributed by atoms with E-state index in [2.05, 4.69) is 25.8 Å². The van der Waals surface area contributed by atoms with Crippen molar-refractivity contribution in [2.45, 2.75) is 16.7 Å². The van der Waals surface area contributed by atoms with Crippen LogP contribution in [0.15, 0.2) is 97.0 Å². The van der Waals surface area contributed by atoms with Gasteiger partial charge in [-0.15, -0.1) is 10.2 Å². The molecule has 40 heavy (non-hydrogen) atoms. The number of fused-ring (bicyclic) bond motifs is 1. The van der Waals surface area contributed by atoms with E-state index in [0.29, 0.717) is 5.69 Å². The van der Waals surface area contributed by atoms with Crippen LogP contribution in [-0.2, 0) is 25.0 Å². The molecule has 0 bridgehead atoms. The number of phenolic OH excluding ortho intramolecular Hbond substituents is 2. The minimum Gasteiger partial charge on any atom is -0.506 e. The SMILES string of the molecule is CC(=O)Nc1ccc2c(O)c(N=Nc3ccc(N=Nc4cccc(S(=O)(=O)O)c4)cc3O)c(S(=O)(=O)O)cc2c1. The third-order valence-corrected chi connectivity index (χ3v) is 6.98. The van der Waals surface area contributed by atoms with Crippen LogP contribution in [0.1, 0.15) is 6.92 Å². The predicted octanol–water partition coefficient (Wildman–Crippen LogP) is 5.53. The standard InChI is InChI=1S/C24H19N5O9S2/c1-13(30)25-15-5-7-19-14(9-15)10-22(40(36,37)38)23(24(19)32)29-28-20-8-6-17(12-21(20)31)27-26-16-3-2-4-18(11-16)39(33,34)35/h2-12,31-32H,1H3,(H,25,30)(H,33,34,35)(H,36,37,38). The summed E-state index contributed by atoms with van der Waals surface area (Å²) in [6.45, 7) is 1.28. The monoisotopic (exact) mass is 585 g/mol. The van der Waals surface area contributed by atoms with E-state index in [0.717, 1.165) is 18.2 Å². The molecule has 0 unspecified atom stereocenters. The van der Waals surface area contributed by atoms with Crippen molar-refractivity contribution >= 4 is 65.4 Å². The molecule has 5 N–H and O–H groups in total. The maximum absolute atomic E-state index is 12.1. The Morgan fingerprint density at radius 3 is 2.10 bits per heavy atom. The first-order valence-electron chi connectivity index (χ1n) is 11.0. The average Bonchev–Trinajstić information content (AvgIpc) is 2.86. The number of amides is 1. The number of hydrogen-bond acceptors (Lipinski definition) is 11. The molecule has 0 fully saturated rings. The number of rotatable bonds is 7. The number of nitrogens with one attached hydrogen (secondary N) is 1. The molecular formula is C24H19N5O9S2. The number of anilines is 1. The van der Waals surface area contributed by atoms with Gasteiger partial charge in [-0.3, -0.25) is 13.9 Å². The maximum Gasteiger partial charge on any atom is 0.296 e. The molecule has 4 aromatic rings. The van der Waals surface area contributed by atoms with Gasteiger partial charge in [0.1, 0.15) is 22.0 Å². The van der Waals surface area contributed by atoms with Gasteiger partial charge in [0.2, 0.25) is 5.91 Å². The predicted molar refractivity (Wildman–Crippen MR) is 142 cm³/mol. The summed E-state index contributed by atoms with van der Waals surface area (Å²) in [5, 5.41) is 39.2. The third-order valence-electron chi connectivity index (χ3n) is 5.26. The van der Waals surface area contributed by atoms with Gasteiger partial charge in [-0.05, 0) is 60.0 Å². The highest BCUT2D eigenvalue weighted by Gasteiger charge is 2.22. The molecule has 0 saturated carbocycles. The molecular weight excluding hydrogens is 566 g/mol. The lowest BCUT2D eigenvalue weighted by atomic mass is 10.1. The first-order chi connectivity index (χ1) is 18.7. The molecule has 0 saturated heterocycles. The van der Waals surface area contributed by atoms with Gasteiger partial charge in [0.25, 0.3) is 20.2 Å². The van der Waals surface area contributed by atoms with Crippen molar-refractivity contribution in [1.82, 2.24) is 0 Å². The largest absolute Gasteiger partial charge is 0.506 e. The van der Waals surface area contributed by atoms with Crippen LogP contribution >= 0.6 is 0 Å². The Morgan fingerprint density at radius 2 is 1.48 bits per heavy atom. The molecule has 0 atom stereocenters. The molecule has 4 rings (SSSR count). The molecule has 0 radical (unpaired) electrons. The number of hydrogen-bond donors (Lipinski definition) is 5. The van der Waals surface area contributed by atoms with Crippen LogP contribution < -0.4 is 5.32 Å². The second kappa shape index (κ2) is 10.8. The van der Waals surface area contributed by atoms with Crippen LogP contribution in [0.5, 0.6) is 11.5 Å². The van der Waals surface area contributed by atoms with Crippen LogP contribution in [0, 0.1) is 0 Å². The summed E-state index contributed by atoms with van der Waals surface area (Å²) in [5.74, 6) is -1.46. The van der Waals surface area contributed by atoms with Gasteiger partial charge in [-0.25, -0.2) is 0 Å². The molecule has 0 heterocycles. The minimum absolute atomic E-state index is 0.104. The number of benzene rings is 4. The fourth-order valence-electron chi connectivity index (χ4n) is 3.51. The maximum atomic E-state index is 12.1. The first kappa shape index (κ1) is 28.2. The second-order valence-corrected chi connectivity index (χ2v) is 11.0. The van der Waals surface area contributed by atoms with Gasteiger partial charge >= 0.3 is 0 Å². The van der Waals surface area contributed by atoms with Crippen molar-refractivity contribution in [2.24, 2.45) is 20.5 Å². The second-order valence-electron chi connectivity index (χ2n) is 8.21. The normalized spacial score (nSPS) is 12.4. The van der Waals surface area contributed by atoms with E-state index < -0.39 is 42.3 Å². The van der Waals surface area contributed by atoms with E-state index in [4.69, 9.17) is 4.55 Å². The number of carbonyl (C=O) groups is 1. The Kier molecular flexibility index (Phi) is 7.61. The number of azo groups is 2. The highest BCUT2D eigenvalue weighted by molar-refractivity contribution is 7.86. The van der Waals surface area contributed by atoms with Crippen molar-refractivity contribution in [3.8, 4) is 11.5 Å². The zero-order valence-electron chi connectivity index (χ0n) is 20.3. The molecule has 14 nitrogen and oxygen atoms in total. The number of nitrogens with zero attached hydrogens (tertiary/aromatic N) is 4. The summed E-state index contributed by atoms with van der Waals surface area (Å²) in [6.07, 6.45) is 0. The summed E-state index contributed by atoms with van der Waals surface area (Å²) >= 11 is 0. The average molecular weight is 586 g/mol. The molecule has 16 heteroatoms. The lowest BCUT2D eigenvalue weighted by Crippen LogP contribution is -2.05. The summed E-state index contributed by atoms with van der Waals surface area (Å²) < 4.78 is 65.5. The van der Waals surface area contributed by atoms with Crippen LogP contribution in [0.3, 0.4) is 0 Å². The highest BCUT2D eigenvalue weighted by Crippen LogP contribution is 2.43. The smallest absolute Gasteiger partial charge is 0.296 e. The van der Waals surface area contributed by atoms with Gasteiger partial charge in [-0.1, -0.05) is 6.07 Å². The number of aromatic hydroxyl groups is 2. The summed E-state index contributed by atoms with van der Waals surface area (Å²) in [4.78, 5) is 10.2. The zero-order chi connectivity index (χ0) is 29.2. The van der Waals surface area contributed by atoms with Gasteiger partial charge < -0.3 is 15.5 Å². The first-order valence-corrected chi connectivity index (χ1v) is 13.9. The topological polar surface area (TPSA) is 228 Å². The lowest BCUT2D eigenvalue weighted by Gasteiger charge is -2.10.